The molecule has 0 amide bonds. The number of carbonyl (C=O) groups is 1. The molecule has 2 aromatic carbocycles. The number of ether oxygens (including phenoxy) is 2. The molecule has 0 atom stereocenters. The van der Waals surface area contributed by atoms with E-state index in [0.29, 0.717) is 24.2 Å². The summed E-state index contributed by atoms with van der Waals surface area (Å²) in [5, 5.41) is 0. The molecule has 0 fully saturated rings. The summed E-state index contributed by atoms with van der Waals surface area (Å²) in [7, 11) is 0. The summed E-state index contributed by atoms with van der Waals surface area (Å²) in [5.74, 6) is -0.772. The number of nitrogens with zero attached hydrogens (tertiary/aromatic N) is 1. The summed E-state index contributed by atoms with van der Waals surface area (Å²) in [6, 6.07) is 13.0. The molecule has 4 rings (SSSR count). The maximum absolute atomic E-state index is 13.5. The number of carbonyl (C=O) groups excluding carboxylic acids is 1. The predicted octanol–water partition coefficient (Wildman–Crippen LogP) is 7.40. The Kier molecular flexibility index (Phi) is 7.43. The van der Waals surface area contributed by atoms with Gasteiger partial charge < -0.3 is 9.47 Å². The Bertz CT molecular complexity index is 1300. The van der Waals surface area contributed by atoms with Crippen molar-refractivity contribution in [1.29, 1.82) is 0 Å². The molecule has 1 aliphatic rings. The lowest BCUT2D eigenvalue weighted by molar-refractivity contribution is -0.141. The van der Waals surface area contributed by atoms with Crippen LogP contribution in [0.5, 0.6) is 5.75 Å². The number of hydrogen-bond acceptors (Lipinski definition) is 4. The number of hydrogen-bond donors (Lipinski definition) is 0. The van der Waals surface area contributed by atoms with Crippen LogP contribution in [0.25, 0.3) is 11.1 Å². The second-order valence-electron chi connectivity index (χ2n) is 8.56. The van der Waals surface area contributed by atoms with E-state index in [1.165, 1.54) is 31.3 Å². The maximum atomic E-state index is 13.5. The van der Waals surface area contributed by atoms with Gasteiger partial charge in [0.05, 0.1) is 12.2 Å². The number of aryl methyl sites for hydroxylation is 1. The van der Waals surface area contributed by atoms with Crippen molar-refractivity contribution in [2.24, 2.45) is 0 Å². The van der Waals surface area contributed by atoms with Crippen molar-refractivity contribution in [3.8, 4) is 5.75 Å². The number of esters is 1. The third-order valence-electron chi connectivity index (χ3n) is 5.99. The minimum atomic E-state index is -4.79. The van der Waals surface area contributed by atoms with Crippen molar-refractivity contribution in [2.75, 3.05) is 6.61 Å². The zero-order valence-electron chi connectivity index (χ0n) is 19.9. The molecule has 188 valence electrons. The summed E-state index contributed by atoms with van der Waals surface area (Å²) < 4.78 is 64.8. The molecule has 0 saturated heterocycles. The predicted molar refractivity (Wildman–Crippen MR) is 128 cm³/mol. The molecule has 0 saturated carbocycles. The third-order valence-corrected chi connectivity index (χ3v) is 5.99. The van der Waals surface area contributed by atoms with E-state index in [2.05, 4.69) is 4.98 Å². The third kappa shape index (κ3) is 5.58. The van der Waals surface area contributed by atoms with Crippen molar-refractivity contribution in [2.45, 2.75) is 45.9 Å². The molecule has 1 aromatic heterocycles. The van der Waals surface area contributed by atoms with Gasteiger partial charge in [0.1, 0.15) is 18.2 Å². The molecule has 0 spiro atoms. The van der Waals surface area contributed by atoms with Crippen LogP contribution in [0.3, 0.4) is 0 Å². The van der Waals surface area contributed by atoms with E-state index < -0.39 is 23.4 Å². The van der Waals surface area contributed by atoms with Crippen LogP contribution >= 0.6 is 0 Å². The van der Waals surface area contributed by atoms with Gasteiger partial charge in [-0.2, -0.15) is 13.2 Å². The number of benzene rings is 2. The molecule has 3 aromatic rings. The van der Waals surface area contributed by atoms with Crippen molar-refractivity contribution in [3.63, 3.8) is 0 Å². The summed E-state index contributed by atoms with van der Waals surface area (Å²) in [6.07, 6.45) is -1.50. The molecular weight excluding hydrogens is 474 g/mol. The second kappa shape index (κ2) is 10.5. The van der Waals surface area contributed by atoms with E-state index in [1.54, 1.807) is 12.1 Å². The molecule has 0 bridgehead atoms. The van der Waals surface area contributed by atoms with Crippen LogP contribution in [0.2, 0.25) is 0 Å². The van der Waals surface area contributed by atoms with Crippen LogP contribution in [0, 0.1) is 12.7 Å². The number of allylic oxidation sites excluding steroid dienone is 2. The Labute approximate surface area is 206 Å². The normalized spacial score (nSPS) is 13.7. The first kappa shape index (κ1) is 25.4. The number of halogens is 4. The molecule has 0 unspecified atom stereocenters. The van der Waals surface area contributed by atoms with E-state index in [4.69, 9.17) is 9.47 Å². The average molecular weight is 500 g/mol. The largest absolute Gasteiger partial charge is 0.488 e. The topological polar surface area (TPSA) is 48.4 Å². The van der Waals surface area contributed by atoms with Crippen molar-refractivity contribution in [1.82, 2.24) is 4.98 Å². The molecular formula is C28H25F4NO3. The van der Waals surface area contributed by atoms with Crippen molar-refractivity contribution in [3.05, 3.63) is 94.1 Å². The second-order valence-corrected chi connectivity index (χ2v) is 8.56. The maximum Gasteiger partial charge on any atom is 0.434 e. The lowest BCUT2D eigenvalue weighted by Crippen LogP contribution is -2.17. The zero-order chi connectivity index (χ0) is 25.9. The first-order valence-electron chi connectivity index (χ1n) is 11.6. The van der Waals surface area contributed by atoms with Gasteiger partial charge in [0.15, 0.2) is 5.69 Å². The fourth-order valence-electron chi connectivity index (χ4n) is 4.33. The van der Waals surface area contributed by atoms with Crippen molar-refractivity contribution < 1.29 is 31.8 Å². The SMILES string of the molecule is CCOC(=O)c1cc(C2=C(c3cc(C)ccc3OCc3ccc(F)cc3)CCC2)cnc1C(F)(F)F. The standard InChI is InChI=1S/C28H25F4NO3/c1-3-35-27(34)24-14-19(15-33-26(24)28(30,31)32)21-5-4-6-22(21)23-13-17(2)7-12-25(23)36-16-18-8-10-20(29)11-9-18/h7-15H,3-6,16H2,1-2H3. The summed E-state index contributed by atoms with van der Waals surface area (Å²) >= 11 is 0. The Morgan fingerprint density at radius 2 is 1.75 bits per heavy atom. The molecule has 0 aliphatic heterocycles. The van der Waals surface area contributed by atoms with Crippen LogP contribution < -0.4 is 4.74 Å². The van der Waals surface area contributed by atoms with Crippen LogP contribution in [-0.2, 0) is 17.5 Å². The van der Waals surface area contributed by atoms with E-state index >= 15 is 0 Å². The minimum Gasteiger partial charge on any atom is -0.488 e. The lowest BCUT2D eigenvalue weighted by Gasteiger charge is -2.17. The zero-order valence-corrected chi connectivity index (χ0v) is 19.9. The van der Waals surface area contributed by atoms with E-state index in [0.717, 1.165) is 34.3 Å². The highest BCUT2D eigenvalue weighted by atomic mass is 19.4. The minimum absolute atomic E-state index is 0.0493. The van der Waals surface area contributed by atoms with Gasteiger partial charge in [0.2, 0.25) is 0 Å². The highest BCUT2D eigenvalue weighted by molar-refractivity contribution is 5.97. The summed E-state index contributed by atoms with van der Waals surface area (Å²) in [5.41, 5.74) is 2.97. The van der Waals surface area contributed by atoms with Gasteiger partial charge in [-0.3, -0.25) is 4.98 Å². The molecule has 4 nitrogen and oxygen atoms in total. The fraction of sp³-hybridized carbons (Fsp3) is 0.286. The van der Waals surface area contributed by atoms with Gasteiger partial charge in [0.25, 0.3) is 0 Å². The molecule has 8 heteroatoms. The molecule has 0 radical (unpaired) electrons. The number of pyridine rings is 1. The van der Waals surface area contributed by atoms with E-state index in [9.17, 15) is 22.4 Å². The smallest absolute Gasteiger partial charge is 0.434 e. The summed E-state index contributed by atoms with van der Waals surface area (Å²) in [6.45, 7) is 3.66. The van der Waals surface area contributed by atoms with Crippen LogP contribution in [0.4, 0.5) is 17.6 Å². The quantitative estimate of drug-likeness (QED) is 0.251. The molecule has 0 N–H and O–H groups in total. The van der Waals surface area contributed by atoms with Gasteiger partial charge >= 0.3 is 12.1 Å². The Morgan fingerprint density at radius 1 is 1.03 bits per heavy atom. The van der Waals surface area contributed by atoms with Crippen LogP contribution in [0.1, 0.15) is 64.5 Å². The van der Waals surface area contributed by atoms with Gasteiger partial charge in [-0.1, -0.05) is 23.8 Å². The lowest BCUT2D eigenvalue weighted by atomic mass is 9.95. The first-order valence-corrected chi connectivity index (χ1v) is 11.6. The van der Waals surface area contributed by atoms with Gasteiger partial charge in [0, 0.05) is 11.8 Å². The van der Waals surface area contributed by atoms with Gasteiger partial charge in [-0.05, 0) is 85.7 Å². The highest BCUT2D eigenvalue weighted by Gasteiger charge is 2.38. The molecule has 36 heavy (non-hydrogen) atoms. The average Bonchev–Trinajstić information content (AvgIpc) is 3.33. The Balaban J connectivity index is 1.75. The molecule has 1 heterocycles. The van der Waals surface area contributed by atoms with Crippen LogP contribution in [0.15, 0.2) is 54.7 Å². The first-order chi connectivity index (χ1) is 17.2. The number of aromatic nitrogens is 1. The molecule has 1 aliphatic carbocycles. The van der Waals surface area contributed by atoms with E-state index in [1.807, 2.05) is 25.1 Å². The number of rotatable bonds is 7. The Morgan fingerprint density at radius 3 is 2.44 bits per heavy atom. The summed E-state index contributed by atoms with van der Waals surface area (Å²) in [4.78, 5) is 16.0. The van der Waals surface area contributed by atoms with Crippen molar-refractivity contribution >= 4 is 17.1 Å². The van der Waals surface area contributed by atoms with Gasteiger partial charge in [-0.15, -0.1) is 0 Å². The highest BCUT2D eigenvalue weighted by Crippen LogP contribution is 2.44. The monoisotopic (exact) mass is 499 g/mol. The van der Waals surface area contributed by atoms with E-state index in [-0.39, 0.29) is 19.0 Å². The van der Waals surface area contributed by atoms with Gasteiger partial charge in [-0.25, -0.2) is 9.18 Å². The van der Waals surface area contributed by atoms with Crippen LogP contribution in [-0.4, -0.2) is 17.6 Å². The number of alkyl halides is 3. The Hall–Kier alpha value is -3.68. The fourth-order valence-corrected chi connectivity index (χ4v) is 4.33.